The summed E-state index contributed by atoms with van der Waals surface area (Å²) in [6.45, 7) is 4.06. The first-order valence-electron chi connectivity index (χ1n) is 7.74. The first kappa shape index (κ1) is 14.8. The standard InChI is InChI=1S/C18H20O4/c1-11-7-14-13(10-21-17(14)8-12(11)2)9-18(20)22-16-6-4-3-5-15(16)19/h7-8,10,16H,3-6,9H2,1-2H3. The summed E-state index contributed by atoms with van der Waals surface area (Å²) in [5.41, 5.74) is 3.90. The number of furan rings is 1. The van der Waals surface area contributed by atoms with Crippen molar-refractivity contribution >= 4 is 22.7 Å². The molecule has 1 aromatic carbocycles. The zero-order chi connectivity index (χ0) is 15.7. The zero-order valence-electron chi connectivity index (χ0n) is 13.0. The molecule has 0 radical (unpaired) electrons. The van der Waals surface area contributed by atoms with Gasteiger partial charge in [-0.2, -0.15) is 0 Å². The predicted octanol–water partition coefficient (Wildman–Crippen LogP) is 3.65. The zero-order valence-corrected chi connectivity index (χ0v) is 13.0. The largest absolute Gasteiger partial charge is 0.464 e. The molecule has 4 nitrogen and oxygen atoms in total. The SMILES string of the molecule is Cc1cc2occ(CC(=O)OC3CCCCC3=O)c2cc1C. The number of Topliss-reactive ketones (excluding diaryl/α,β-unsaturated/α-hetero) is 1. The Kier molecular flexibility index (Phi) is 4.01. The average molecular weight is 300 g/mol. The lowest BCUT2D eigenvalue weighted by Gasteiger charge is -2.20. The number of hydrogen-bond donors (Lipinski definition) is 0. The third-order valence-electron chi connectivity index (χ3n) is 4.38. The molecule has 2 aromatic rings. The number of carbonyl (C=O) groups is 2. The first-order chi connectivity index (χ1) is 10.5. The molecule has 0 amide bonds. The van der Waals surface area contributed by atoms with Gasteiger partial charge in [0.05, 0.1) is 12.7 Å². The molecule has 1 saturated carbocycles. The Morgan fingerprint density at radius 2 is 2.05 bits per heavy atom. The Labute approximate surface area is 129 Å². The van der Waals surface area contributed by atoms with Gasteiger partial charge >= 0.3 is 5.97 Å². The van der Waals surface area contributed by atoms with E-state index in [0.717, 1.165) is 40.5 Å². The number of esters is 1. The van der Waals surface area contributed by atoms with Crippen LogP contribution in [0.4, 0.5) is 0 Å². The quantitative estimate of drug-likeness (QED) is 0.812. The molecule has 0 bridgehead atoms. The van der Waals surface area contributed by atoms with Crippen LogP contribution in [0.5, 0.6) is 0 Å². The van der Waals surface area contributed by atoms with E-state index in [1.165, 1.54) is 0 Å². The van der Waals surface area contributed by atoms with Crippen LogP contribution >= 0.6 is 0 Å². The third-order valence-corrected chi connectivity index (χ3v) is 4.38. The summed E-state index contributed by atoms with van der Waals surface area (Å²) in [5, 5.41) is 0.940. The summed E-state index contributed by atoms with van der Waals surface area (Å²) >= 11 is 0. The second-order valence-electron chi connectivity index (χ2n) is 6.06. The van der Waals surface area contributed by atoms with Crippen LogP contribution in [0.2, 0.25) is 0 Å². The van der Waals surface area contributed by atoms with Crippen LogP contribution in [-0.4, -0.2) is 17.9 Å². The number of hydrogen-bond acceptors (Lipinski definition) is 4. The number of rotatable bonds is 3. The normalized spacial score (nSPS) is 18.6. The molecule has 1 aromatic heterocycles. The van der Waals surface area contributed by atoms with Crippen molar-refractivity contribution < 1.29 is 18.7 Å². The van der Waals surface area contributed by atoms with Gasteiger partial charge in [0.1, 0.15) is 5.58 Å². The van der Waals surface area contributed by atoms with E-state index in [1.807, 2.05) is 26.0 Å². The van der Waals surface area contributed by atoms with Crippen LogP contribution in [0.25, 0.3) is 11.0 Å². The van der Waals surface area contributed by atoms with Crippen molar-refractivity contribution in [2.45, 2.75) is 52.1 Å². The van der Waals surface area contributed by atoms with Gasteiger partial charge in [0.15, 0.2) is 11.9 Å². The summed E-state index contributed by atoms with van der Waals surface area (Å²) in [4.78, 5) is 23.8. The summed E-state index contributed by atoms with van der Waals surface area (Å²) in [6.07, 6.45) is 4.20. The minimum Gasteiger partial charge on any atom is -0.464 e. The van der Waals surface area contributed by atoms with Crippen molar-refractivity contribution in [3.8, 4) is 0 Å². The van der Waals surface area contributed by atoms with E-state index >= 15 is 0 Å². The molecule has 0 saturated heterocycles. The van der Waals surface area contributed by atoms with E-state index in [4.69, 9.17) is 9.15 Å². The maximum absolute atomic E-state index is 12.1. The minimum atomic E-state index is -0.552. The van der Waals surface area contributed by atoms with Crippen LogP contribution < -0.4 is 0 Å². The number of aryl methyl sites for hydroxylation is 2. The molecule has 0 aliphatic heterocycles. The fourth-order valence-corrected chi connectivity index (χ4v) is 2.90. The van der Waals surface area contributed by atoms with Crippen molar-refractivity contribution in [2.75, 3.05) is 0 Å². The van der Waals surface area contributed by atoms with Crippen molar-refractivity contribution in [3.63, 3.8) is 0 Å². The van der Waals surface area contributed by atoms with Gasteiger partial charge in [0.25, 0.3) is 0 Å². The van der Waals surface area contributed by atoms with Crippen molar-refractivity contribution in [1.29, 1.82) is 0 Å². The van der Waals surface area contributed by atoms with Gasteiger partial charge in [-0.1, -0.05) is 0 Å². The number of carbonyl (C=O) groups excluding carboxylic acids is 2. The highest BCUT2D eigenvalue weighted by Gasteiger charge is 2.26. The van der Waals surface area contributed by atoms with Crippen molar-refractivity contribution in [3.05, 3.63) is 35.1 Å². The molecule has 1 unspecified atom stereocenters. The van der Waals surface area contributed by atoms with E-state index in [1.54, 1.807) is 6.26 Å². The third kappa shape index (κ3) is 2.91. The molecule has 116 valence electrons. The Morgan fingerprint density at radius 1 is 1.27 bits per heavy atom. The highest BCUT2D eigenvalue weighted by atomic mass is 16.5. The number of ketones is 1. The molecule has 1 fully saturated rings. The summed E-state index contributed by atoms with van der Waals surface area (Å²) in [5.74, 6) is -0.315. The lowest BCUT2D eigenvalue weighted by Crippen LogP contribution is -2.30. The second-order valence-corrected chi connectivity index (χ2v) is 6.06. The van der Waals surface area contributed by atoms with Crippen LogP contribution in [0.15, 0.2) is 22.8 Å². The van der Waals surface area contributed by atoms with E-state index in [9.17, 15) is 9.59 Å². The molecule has 1 atom stereocenters. The van der Waals surface area contributed by atoms with E-state index in [-0.39, 0.29) is 18.2 Å². The lowest BCUT2D eigenvalue weighted by molar-refractivity contribution is -0.156. The van der Waals surface area contributed by atoms with Gasteiger partial charge in [-0.3, -0.25) is 9.59 Å². The van der Waals surface area contributed by atoms with Gasteiger partial charge in [-0.25, -0.2) is 0 Å². The molecular formula is C18H20O4. The van der Waals surface area contributed by atoms with E-state index in [0.29, 0.717) is 12.8 Å². The minimum absolute atomic E-state index is 0.0446. The van der Waals surface area contributed by atoms with Crippen LogP contribution in [0.1, 0.15) is 42.4 Å². The van der Waals surface area contributed by atoms with Gasteiger partial charge in [0.2, 0.25) is 0 Å². The van der Waals surface area contributed by atoms with Gasteiger partial charge in [0, 0.05) is 17.4 Å². The lowest BCUT2D eigenvalue weighted by atomic mass is 9.96. The van der Waals surface area contributed by atoms with Crippen molar-refractivity contribution in [2.24, 2.45) is 0 Å². The molecule has 1 aliphatic rings. The molecule has 1 aliphatic carbocycles. The van der Waals surface area contributed by atoms with E-state index in [2.05, 4.69) is 0 Å². The Balaban J connectivity index is 1.74. The summed E-state index contributed by atoms with van der Waals surface area (Å²) < 4.78 is 10.9. The fourth-order valence-electron chi connectivity index (χ4n) is 2.90. The van der Waals surface area contributed by atoms with Crippen LogP contribution in [0.3, 0.4) is 0 Å². The smallest absolute Gasteiger partial charge is 0.311 e. The highest BCUT2D eigenvalue weighted by molar-refractivity contribution is 5.89. The van der Waals surface area contributed by atoms with Gasteiger partial charge in [-0.15, -0.1) is 0 Å². The maximum atomic E-state index is 12.1. The first-order valence-corrected chi connectivity index (χ1v) is 7.74. The highest BCUT2D eigenvalue weighted by Crippen LogP contribution is 2.26. The van der Waals surface area contributed by atoms with Crippen molar-refractivity contribution in [1.82, 2.24) is 0 Å². The average Bonchev–Trinajstić information content (AvgIpc) is 2.84. The fraction of sp³-hybridized carbons (Fsp3) is 0.444. The summed E-state index contributed by atoms with van der Waals surface area (Å²) in [6, 6.07) is 4.01. The molecule has 3 rings (SSSR count). The van der Waals surface area contributed by atoms with Gasteiger partial charge < -0.3 is 9.15 Å². The maximum Gasteiger partial charge on any atom is 0.311 e. The summed E-state index contributed by atoms with van der Waals surface area (Å²) in [7, 11) is 0. The second kappa shape index (κ2) is 5.95. The van der Waals surface area contributed by atoms with Crippen LogP contribution in [0, 0.1) is 13.8 Å². The predicted molar refractivity (Wildman–Crippen MR) is 82.7 cm³/mol. The monoisotopic (exact) mass is 300 g/mol. The Morgan fingerprint density at radius 3 is 2.82 bits per heavy atom. The number of benzene rings is 1. The van der Waals surface area contributed by atoms with E-state index < -0.39 is 6.10 Å². The Hall–Kier alpha value is -2.10. The molecule has 4 heteroatoms. The molecular weight excluding hydrogens is 280 g/mol. The number of ether oxygens (including phenoxy) is 1. The Bertz CT molecular complexity index is 726. The molecule has 1 heterocycles. The number of fused-ring (bicyclic) bond motifs is 1. The molecule has 0 N–H and O–H groups in total. The molecule has 22 heavy (non-hydrogen) atoms. The molecule has 0 spiro atoms. The van der Waals surface area contributed by atoms with Crippen LogP contribution in [-0.2, 0) is 20.7 Å². The topological polar surface area (TPSA) is 56.5 Å². The van der Waals surface area contributed by atoms with Gasteiger partial charge in [-0.05, 0) is 56.4 Å².